The average Bonchev–Trinajstić information content (AvgIpc) is 3.17. The minimum Gasteiger partial charge on any atom is -0.378 e. The summed E-state index contributed by atoms with van der Waals surface area (Å²) in [7, 11) is -4.15. The second-order valence-electron chi connectivity index (χ2n) is 8.07. The van der Waals surface area contributed by atoms with Crippen molar-refractivity contribution in [3.63, 3.8) is 0 Å². The van der Waals surface area contributed by atoms with Crippen LogP contribution in [0.5, 0.6) is 5.75 Å². The molecule has 4 rings (SSSR count). The molecule has 1 N–H and O–H groups in total. The average molecular weight is 516 g/mol. The van der Waals surface area contributed by atoms with Gasteiger partial charge in [0.1, 0.15) is 4.90 Å². The van der Waals surface area contributed by atoms with Gasteiger partial charge in [-0.25, -0.2) is 0 Å². The maximum atomic E-state index is 13.0. The van der Waals surface area contributed by atoms with Crippen molar-refractivity contribution in [2.75, 3.05) is 0 Å². The van der Waals surface area contributed by atoms with E-state index in [1.165, 1.54) is 30.1 Å². The molecule has 0 saturated carbocycles. The summed E-state index contributed by atoms with van der Waals surface area (Å²) in [5, 5.41) is 13.1. The van der Waals surface area contributed by atoms with Gasteiger partial charge in [-0.3, -0.25) is 4.79 Å². The first kappa shape index (κ1) is 24.3. The van der Waals surface area contributed by atoms with E-state index in [-0.39, 0.29) is 27.7 Å². The van der Waals surface area contributed by atoms with Crippen LogP contribution in [0.25, 0.3) is 10.8 Å². The quantitative estimate of drug-likeness (QED) is 0.278. The molecule has 0 radical (unpaired) electrons. The van der Waals surface area contributed by atoms with Crippen LogP contribution in [-0.4, -0.2) is 31.0 Å². The van der Waals surface area contributed by atoms with Gasteiger partial charge in [-0.1, -0.05) is 73.6 Å². The second-order valence-corrected chi connectivity index (χ2v) is 11.2. The van der Waals surface area contributed by atoms with Gasteiger partial charge in [0, 0.05) is 10.6 Å². The third-order valence-corrected chi connectivity index (χ3v) is 8.29. The molecule has 0 bridgehead atoms. The van der Waals surface area contributed by atoms with Crippen molar-refractivity contribution in [2.45, 2.75) is 30.9 Å². The van der Waals surface area contributed by atoms with Crippen molar-refractivity contribution < 1.29 is 17.4 Å². The molecule has 0 aromatic heterocycles. The highest BCUT2D eigenvalue weighted by Crippen LogP contribution is 2.30. The SMILES string of the molecule is Cc1ccc(S(=O)(=O)Oc2ccc3ccccc3c2C=NN=C2NC(=O)[C@H](C(C)C)S2)cc1Cl. The van der Waals surface area contributed by atoms with Crippen LogP contribution in [0.3, 0.4) is 0 Å². The Morgan fingerprint density at radius 1 is 1.15 bits per heavy atom. The minimum absolute atomic E-state index is 0.0517. The zero-order valence-corrected chi connectivity index (χ0v) is 21.0. The van der Waals surface area contributed by atoms with Gasteiger partial charge in [0.05, 0.1) is 11.5 Å². The lowest BCUT2D eigenvalue weighted by atomic mass is 10.0. The Morgan fingerprint density at radius 2 is 1.91 bits per heavy atom. The Kier molecular flexibility index (Phi) is 6.97. The molecule has 176 valence electrons. The van der Waals surface area contributed by atoms with Crippen LogP contribution >= 0.6 is 23.4 Å². The first-order valence-corrected chi connectivity index (χ1v) is 13.1. The zero-order chi connectivity index (χ0) is 24.5. The van der Waals surface area contributed by atoms with Crippen molar-refractivity contribution in [3.8, 4) is 5.75 Å². The monoisotopic (exact) mass is 515 g/mol. The lowest BCUT2D eigenvalue weighted by molar-refractivity contribution is -0.119. The lowest BCUT2D eigenvalue weighted by Gasteiger charge is -2.12. The molecule has 1 aliphatic heterocycles. The van der Waals surface area contributed by atoms with E-state index in [4.69, 9.17) is 15.8 Å². The Morgan fingerprint density at radius 3 is 2.62 bits per heavy atom. The summed E-state index contributed by atoms with van der Waals surface area (Å²) < 4.78 is 31.4. The molecule has 3 aromatic carbocycles. The molecule has 1 atom stereocenters. The van der Waals surface area contributed by atoms with Gasteiger partial charge in [-0.05, 0) is 47.4 Å². The molecular formula is C24H22ClN3O4S2. The van der Waals surface area contributed by atoms with Gasteiger partial charge in [-0.2, -0.15) is 13.5 Å². The summed E-state index contributed by atoms with van der Waals surface area (Å²) in [6.45, 7) is 5.71. The Bertz CT molecular complexity index is 1440. The third kappa shape index (κ3) is 5.11. The molecule has 34 heavy (non-hydrogen) atoms. The van der Waals surface area contributed by atoms with Gasteiger partial charge in [0.25, 0.3) is 0 Å². The van der Waals surface area contributed by atoms with Gasteiger partial charge >= 0.3 is 10.1 Å². The van der Waals surface area contributed by atoms with Crippen LogP contribution in [0.4, 0.5) is 0 Å². The number of hydrogen-bond donors (Lipinski definition) is 1. The Balaban J connectivity index is 1.70. The number of rotatable bonds is 6. The second kappa shape index (κ2) is 9.77. The number of halogens is 1. The number of benzene rings is 3. The lowest BCUT2D eigenvalue weighted by Crippen LogP contribution is -2.27. The molecule has 1 fully saturated rings. The molecule has 1 saturated heterocycles. The van der Waals surface area contributed by atoms with E-state index in [2.05, 4.69) is 15.5 Å². The fourth-order valence-corrected chi connectivity index (χ4v) is 5.54. The standard InChI is InChI=1S/C24H22ClN3O4S2/c1-14(2)22-23(29)27-24(33-22)28-26-13-19-18-7-5-4-6-16(18)9-11-21(19)32-34(30,31)17-10-8-15(3)20(25)12-17/h4-14,22H,1-3H3,(H,27,28,29)/t22-/m0/s1. The highest BCUT2D eigenvalue weighted by molar-refractivity contribution is 8.15. The molecular weight excluding hydrogens is 494 g/mol. The number of amides is 1. The number of nitrogens with zero attached hydrogens (tertiary/aromatic N) is 2. The maximum Gasteiger partial charge on any atom is 0.339 e. The molecule has 10 heteroatoms. The predicted octanol–water partition coefficient (Wildman–Crippen LogP) is 5.15. The Hall–Kier alpha value is -2.88. The van der Waals surface area contributed by atoms with E-state index in [9.17, 15) is 13.2 Å². The fourth-order valence-electron chi connectivity index (χ4n) is 3.38. The number of hydrogen-bond acceptors (Lipinski definition) is 7. The van der Waals surface area contributed by atoms with Gasteiger partial charge in [0.15, 0.2) is 10.9 Å². The number of carbonyl (C=O) groups is 1. The van der Waals surface area contributed by atoms with Crippen molar-refractivity contribution >= 4 is 61.5 Å². The van der Waals surface area contributed by atoms with Crippen LogP contribution in [0.15, 0.2) is 69.7 Å². The van der Waals surface area contributed by atoms with E-state index in [1.54, 1.807) is 25.1 Å². The number of aryl methyl sites for hydroxylation is 1. The molecule has 0 spiro atoms. The summed E-state index contributed by atoms with van der Waals surface area (Å²) in [6.07, 6.45) is 1.43. The van der Waals surface area contributed by atoms with Crippen molar-refractivity contribution in [1.82, 2.24) is 5.32 Å². The highest BCUT2D eigenvalue weighted by Gasteiger charge is 2.32. The van der Waals surface area contributed by atoms with Crippen LogP contribution < -0.4 is 9.50 Å². The molecule has 0 aliphatic carbocycles. The smallest absolute Gasteiger partial charge is 0.339 e. The van der Waals surface area contributed by atoms with Crippen LogP contribution in [0.1, 0.15) is 25.0 Å². The Labute approximate surface area is 207 Å². The molecule has 1 aliphatic rings. The normalized spacial score (nSPS) is 17.7. The summed E-state index contributed by atoms with van der Waals surface area (Å²) in [6, 6.07) is 15.2. The summed E-state index contributed by atoms with van der Waals surface area (Å²) in [5.74, 6) is 0.147. The fraction of sp³-hybridized carbons (Fsp3) is 0.208. The minimum atomic E-state index is -4.15. The molecule has 1 amide bonds. The van der Waals surface area contributed by atoms with Gasteiger partial charge in [0.2, 0.25) is 5.91 Å². The molecule has 1 heterocycles. The number of nitrogens with one attached hydrogen (secondary N) is 1. The summed E-state index contributed by atoms with van der Waals surface area (Å²) >= 11 is 7.43. The van der Waals surface area contributed by atoms with Crippen LogP contribution in [0.2, 0.25) is 5.02 Å². The summed E-state index contributed by atoms with van der Waals surface area (Å²) in [5.41, 5.74) is 1.20. The van der Waals surface area contributed by atoms with Gasteiger partial charge in [-0.15, -0.1) is 5.10 Å². The van der Waals surface area contributed by atoms with E-state index in [0.29, 0.717) is 15.8 Å². The van der Waals surface area contributed by atoms with Gasteiger partial charge < -0.3 is 9.50 Å². The molecule has 0 unspecified atom stereocenters. The van der Waals surface area contributed by atoms with Crippen molar-refractivity contribution in [1.29, 1.82) is 0 Å². The van der Waals surface area contributed by atoms with Crippen LogP contribution in [0, 0.1) is 12.8 Å². The van der Waals surface area contributed by atoms with Crippen molar-refractivity contribution in [3.05, 3.63) is 70.7 Å². The highest BCUT2D eigenvalue weighted by atomic mass is 35.5. The number of fused-ring (bicyclic) bond motifs is 1. The van der Waals surface area contributed by atoms with Crippen molar-refractivity contribution in [2.24, 2.45) is 16.1 Å². The van der Waals surface area contributed by atoms with E-state index in [1.807, 2.05) is 38.1 Å². The first-order chi connectivity index (χ1) is 16.2. The first-order valence-electron chi connectivity index (χ1n) is 10.5. The largest absolute Gasteiger partial charge is 0.378 e. The van der Waals surface area contributed by atoms with Crippen LogP contribution in [-0.2, 0) is 14.9 Å². The number of amidine groups is 1. The topological polar surface area (TPSA) is 97.2 Å². The van der Waals surface area contributed by atoms with E-state index >= 15 is 0 Å². The van der Waals surface area contributed by atoms with E-state index in [0.717, 1.165) is 16.3 Å². The zero-order valence-electron chi connectivity index (χ0n) is 18.7. The number of carbonyl (C=O) groups excluding carboxylic acids is 1. The predicted molar refractivity (Wildman–Crippen MR) is 137 cm³/mol. The molecule has 3 aromatic rings. The maximum absolute atomic E-state index is 13.0. The summed E-state index contributed by atoms with van der Waals surface area (Å²) in [4.78, 5) is 12.0. The van der Waals surface area contributed by atoms with E-state index < -0.39 is 10.1 Å². The third-order valence-electron chi connectivity index (χ3n) is 5.23. The molecule has 7 nitrogen and oxygen atoms in total. The number of thioether (sulfide) groups is 1.